The van der Waals surface area contributed by atoms with Crippen molar-refractivity contribution in [2.45, 2.75) is 12.5 Å². The number of carboxylic acid groups (broad SMARTS) is 1. The second-order valence-corrected chi connectivity index (χ2v) is 4.91. The van der Waals surface area contributed by atoms with Crippen molar-refractivity contribution in [3.63, 3.8) is 0 Å². The zero-order valence-electron chi connectivity index (χ0n) is 12.6. The van der Waals surface area contributed by atoms with E-state index in [1.165, 1.54) is 0 Å². The molecule has 0 aliphatic heterocycles. The highest BCUT2D eigenvalue weighted by Gasteiger charge is 2.13. The molecule has 2 rings (SSSR count). The van der Waals surface area contributed by atoms with Crippen LogP contribution < -0.4 is 15.2 Å². The molecular weight excluding hydrogens is 282 g/mol. The van der Waals surface area contributed by atoms with Crippen LogP contribution in [0.5, 0.6) is 11.5 Å². The van der Waals surface area contributed by atoms with E-state index in [9.17, 15) is 4.79 Å². The molecule has 0 heterocycles. The van der Waals surface area contributed by atoms with Crippen molar-refractivity contribution in [2.75, 3.05) is 14.2 Å². The van der Waals surface area contributed by atoms with Crippen molar-refractivity contribution < 1.29 is 19.4 Å². The van der Waals surface area contributed by atoms with Gasteiger partial charge in [-0.25, -0.2) is 0 Å². The molecule has 2 aromatic rings. The lowest BCUT2D eigenvalue weighted by molar-refractivity contribution is -0.138. The van der Waals surface area contributed by atoms with Gasteiger partial charge in [0.2, 0.25) is 0 Å². The number of ether oxygens (including phenoxy) is 2. The van der Waals surface area contributed by atoms with Gasteiger partial charge in [0.25, 0.3) is 0 Å². The third kappa shape index (κ3) is 3.56. The smallest absolute Gasteiger partial charge is 0.320 e. The minimum atomic E-state index is -1.00. The normalized spacial score (nSPS) is 11.8. The van der Waals surface area contributed by atoms with E-state index in [-0.39, 0.29) is 0 Å². The first-order chi connectivity index (χ1) is 10.5. The number of hydrogen-bond donors (Lipinski definition) is 2. The van der Waals surface area contributed by atoms with Crippen LogP contribution in [0.25, 0.3) is 11.1 Å². The van der Waals surface area contributed by atoms with E-state index in [2.05, 4.69) is 0 Å². The molecule has 22 heavy (non-hydrogen) atoms. The van der Waals surface area contributed by atoms with Crippen LogP contribution in [0.4, 0.5) is 0 Å². The molecule has 0 aliphatic carbocycles. The largest absolute Gasteiger partial charge is 0.497 e. The summed E-state index contributed by atoms with van der Waals surface area (Å²) in [5.74, 6) is 0.488. The van der Waals surface area contributed by atoms with E-state index < -0.39 is 12.0 Å². The van der Waals surface area contributed by atoms with Crippen LogP contribution in [0.1, 0.15) is 5.56 Å². The van der Waals surface area contributed by atoms with Crippen LogP contribution in [0.15, 0.2) is 42.5 Å². The Morgan fingerprint density at radius 3 is 2.36 bits per heavy atom. The average Bonchev–Trinajstić information content (AvgIpc) is 2.54. The molecule has 3 N–H and O–H groups in total. The van der Waals surface area contributed by atoms with Gasteiger partial charge in [-0.15, -0.1) is 0 Å². The van der Waals surface area contributed by atoms with Gasteiger partial charge in [-0.2, -0.15) is 0 Å². The van der Waals surface area contributed by atoms with Gasteiger partial charge in [0.15, 0.2) is 0 Å². The zero-order valence-corrected chi connectivity index (χ0v) is 12.6. The van der Waals surface area contributed by atoms with Gasteiger partial charge in [0.1, 0.15) is 17.5 Å². The van der Waals surface area contributed by atoms with Crippen LogP contribution >= 0.6 is 0 Å². The highest BCUT2D eigenvalue weighted by atomic mass is 16.5. The van der Waals surface area contributed by atoms with Crippen molar-refractivity contribution in [3.8, 4) is 22.6 Å². The highest BCUT2D eigenvalue weighted by Crippen LogP contribution is 2.33. The molecule has 0 fully saturated rings. The average molecular weight is 301 g/mol. The fourth-order valence-electron chi connectivity index (χ4n) is 2.20. The van der Waals surface area contributed by atoms with E-state index in [1.54, 1.807) is 14.2 Å². The highest BCUT2D eigenvalue weighted by molar-refractivity contribution is 5.74. The minimum Gasteiger partial charge on any atom is -0.497 e. The third-order valence-electron chi connectivity index (χ3n) is 3.44. The molecule has 2 aromatic carbocycles. The first-order valence-corrected chi connectivity index (χ1v) is 6.85. The maximum absolute atomic E-state index is 10.8. The van der Waals surface area contributed by atoms with Crippen molar-refractivity contribution in [1.29, 1.82) is 0 Å². The van der Waals surface area contributed by atoms with E-state index in [1.807, 2.05) is 42.5 Å². The predicted octanol–water partition coefficient (Wildman–Crippen LogP) is 2.33. The Morgan fingerprint density at radius 1 is 1.14 bits per heavy atom. The van der Waals surface area contributed by atoms with Crippen molar-refractivity contribution >= 4 is 5.97 Å². The Balaban J connectivity index is 2.28. The SMILES string of the molecule is COc1ccc(OC)c(-c2ccc(CC(N)C(=O)O)cc2)c1. The minimum absolute atomic E-state index is 0.296. The molecule has 0 bridgehead atoms. The lowest BCUT2D eigenvalue weighted by Gasteiger charge is -2.12. The van der Waals surface area contributed by atoms with E-state index >= 15 is 0 Å². The number of methoxy groups -OCH3 is 2. The number of carbonyl (C=O) groups is 1. The molecule has 116 valence electrons. The van der Waals surface area contributed by atoms with Gasteiger partial charge < -0.3 is 20.3 Å². The second-order valence-electron chi connectivity index (χ2n) is 4.91. The van der Waals surface area contributed by atoms with Crippen molar-refractivity contribution in [2.24, 2.45) is 5.73 Å². The Hall–Kier alpha value is -2.53. The Morgan fingerprint density at radius 2 is 1.82 bits per heavy atom. The van der Waals surface area contributed by atoms with Gasteiger partial charge in [-0.1, -0.05) is 24.3 Å². The lowest BCUT2D eigenvalue weighted by Crippen LogP contribution is -2.32. The summed E-state index contributed by atoms with van der Waals surface area (Å²) < 4.78 is 10.6. The summed E-state index contributed by atoms with van der Waals surface area (Å²) in [6.45, 7) is 0. The van der Waals surface area contributed by atoms with Gasteiger partial charge in [0, 0.05) is 5.56 Å². The number of rotatable bonds is 6. The van der Waals surface area contributed by atoms with Crippen LogP contribution in [-0.4, -0.2) is 31.3 Å². The first-order valence-electron chi connectivity index (χ1n) is 6.85. The number of aliphatic carboxylic acids is 1. The van der Waals surface area contributed by atoms with Crippen molar-refractivity contribution in [3.05, 3.63) is 48.0 Å². The molecule has 5 heteroatoms. The van der Waals surface area contributed by atoms with Gasteiger partial charge in [-0.05, 0) is 35.7 Å². The van der Waals surface area contributed by atoms with Gasteiger partial charge in [-0.3, -0.25) is 4.79 Å². The fraction of sp³-hybridized carbons (Fsp3) is 0.235. The molecular formula is C17H19NO4. The Kier molecular flexibility index (Phi) is 5.01. The first kappa shape index (κ1) is 15.9. The maximum Gasteiger partial charge on any atom is 0.320 e. The Labute approximate surface area is 129 Å². The number of hydrogen-bond acceptors (Lipinski definition) is 4. The van der Waals surface area contributed by atoms with Gasteiger partial charge in [0.05, 0.1) is 14.2 Å². The van der Waals surface area contributed by atoms with E-state index in [4.69, 9.17) is 20.3 Å². The topological polar surface area (TPSA) is 81.8 Å². The van der Waals surface area contributed by atoms with Gasteiger partial charge >= 0.3 is 5.97 Å². The second kappa shape index (κ2) is 6.95. The summed E-state index contributed by atoms with van der Waals surface area (Å²) in [4.78, 5) is 10.8. The number of carboxylic acids is 1. The molecule has 1 atom stereocenters. The summed E-state index contributed by atoms with van der Waals surface area (Å²) in [6, 6.07) is 12.3. The molecule has 0 radical (unpaired) electrons. The summed E-state index contributed by atoms with van der Waals surface area (Å²) in [5.41, 5.74) is 8.29. The van der Waals surface area contributed by atoms with E-state index in [0.717, 1.165) is 28.2 Å². The summed E-state index contributed by atoms with van der Waals surface area (Å²) in [5, 5.41) is 8.85. The summed E-state index contributed by atoms with van der Waals surface area (Å²) in [7, 11) is 3.23. The molecule has 0 saturated heterocycles. The third-order valence-corrected chi connectivity index (χ3v) is 3.44. The monoisotopic (exact) mass is 301 g/mol. The summed E-state index contributed by atoms with van der Waals surface area (Å²) >= 11 is 0. The summed E-state index contributed by atoms with van der Waals surface area (Å²) in [6.07, 6.45) is 0.296. The molecule has 1 unspecified atom stereocenters. The zero-order chi connectivity index (χ0) is 16.1. The standard InChI is InChI=1S/C17H19NO4/c1-21-13-7-8-16(22-2)14(10-13)12-5-3-11(4-6-12)9-15(18)17(19)20/h3-8,10,15H,9,18H2,1-2H3,(H,19,20). The maximum atomic E-state index is 10.8. The molecule has 0 amide bonds. The number of benzene rings is 2. The van der Waals surface area contributed by atoms with Crippen LogP contribution in [0, 0.1) is 0 Å². The molecule has 0 spiro atoms. The van der Waals surface area contributed by atoms with Crippen molar-refractivity contribution in [1.82, 2.24) is 0 Å². The molecule has 0 aliphatic rings. The fourth-order valence-corrected chi connectivity index (χ4v) is 2.20. The lowest BCUT2D eigenvalue weighted by atomic mass is 10.00. The van der Waals surface area contributed by atoms with Crippen LogP contribution in [-0.2, 0) is 11.2 Å². The predicted molar refractivity (Wildman–Crippen MR) is 84.3 cm³/mol. The quantitative estimate of drug-likeness (QED) is 0.855. The van der Waals surface area contributed by atoms with E-state index in [0.29, 0.717) is 6.42 Å². The number of nitrogens with two attached hydrogens (primary N) is 1. The molecule has 5 nitrogen and oxygen atoms in total. The van der Waals surface area contributed by atoms with Crippen LogP contribution in [0.2, 0.25) is 0 Å². The van der Waals surface area contributed by atoms with Crippen LogP contribution in [0.3, 0.4) is 0 Å². The molecule has 0 aromatic heterocycles. The Bertz CT molecular complexity index is 652. The molecule has 0 saturated carbocycles.